The zero-order chi connectivity index (χ0) is 57.6. The van der Waals surface area contributed by atoms with Crippen molar-refractivity contribution in [3.05, 3.63) is 170 Å². The van der Waals surface area contributed by atoms with E-state index in [0.29, 0.717) is 68.3 Å². The third-order valence-electron chi connectivity index (χ3n) is 20.3. The topological polar surface area (TPSA) is 161 Å². The summed E-state index contributed by atoms with van der Waals surface area (Å²) in [6.45, 7) is 0. The van der Waals surface area contributed by atoms with E-state index in [4.69, 9.17) is 0 Å². The summed E-state index contributed by atoms with van der Waals surface area (Å²) in [5, 5.41) is 56.7. The molecular formula is C72H68O8S4Zr. The number of rotatable bonds is 12. The van der Waals surface area contributed by atoms with Gasteiger partial charge in [0.2, 0.25) is 0 Å². The first kappa shape index (κ1) is 60.3. The first-order valence-electron chi connectivity index (χ1n) is 30.3. The van der Waals surface area contributed by atoms with Crippen LogP contribution >= 0.6 is 47.0 Å². The van der Waals surface area contributed by atoms with Crippen LogP contribution in [0, 0.1) is 71.0 Å². The summed E-state index contributed by atoms with van der Waals surface area (Å²) in [5.41, 5.74) is 0. The summed E-state index contributed by atoms with van der Waals surface area (Å²) in [6.07, 6.45) is 12.3. The number of carboxylic acid groups (broad SMARTS) is 4. The minimum Gasteiger partial charge on any atom is -0.550 e. The minimum absolute atomic E-state index is 0. The van der Waals surface area contributed by atoms with Crippen LogP contribution in [0.4, 0.5) is 0 Å². The summed E-state index contributed by atoms with van der Waals surface area (Å²) in [5.74, 6) is -0.665. The minimum atomic E-state index is -0.841. The van der Waals surface area contributed by atoms with Gasteiger partial charge in [-0.15, -0.1) is 47.0 Å². The molecule has 0 aromatic heterocycles. The van der Waals surface area contributed by atoms with E-state index in [2.05, 4.69) is 170 Å². The molecule has 8 bridgehead atoms. The monoisotopic (exact) mass is 1280 g/mol. The van der Waals surface area contributed by atoms with Gasteiger partial charge in [-0.2, -0.15) is 0 Å². The van der Waals surface area contributed by atoms with Crippen molar-refractivity contribution in [1.82, 2.24) is 0 Å². The van der Waals surface area contributed by atoms with Crippen molar-refractivity contribution in [2.45, 2.75) is 118 Å². The molecule has 8 saturated carbocycles. The fraction of sp³-hybridized carbons (Fsp3) is 0.389. The van der Waals surface area contributed by atoms with E-state index < -0.39 is 23.9 Å². The van der Waals surface area contributed by atoms with Gasteiger partial charge in [0.05, 0.1) is 0 Å². The summed E-state index contributed by atoms with van der Waals surface area (Å²) < 4.78 is 0. The van der Waals surface area contributed by atoms with Gasteiger partial charge in [-0.3, -0.25) is 0 Å². The van der Waals surface area contributed by atoms with Gasteiger partial charge in [0.25, 0.3) is 0 Å². The molecule has 8 nitrogen and oxygen atoms in total. The third kappa shape index (κ3) is 13.4. The molecule has 0 saturated heterocycles. The number of thioether (sulfide) groups is 4. The van der Waals surface area contributed by atoms with Crippen LogP contribution in [-0.4, -0.2) is 44.9 Å². The second-order valence-electron chi connectivity index (χ2n) is 25.3. The molecule has 85 heavy (non-hydrogen) atoms. The summed E-state index contributed by atoms with van der Waals surface area (Å²) in [4.78, 5) is 50.0. The molecule has 8 aromatic rings. The number of benzene rings is 8. The molecule has 0 radical (unpaired) electrons. The van der Waals surface area contributed by atoms with Gasteiger partial charge in [-0.1, -0.05) is 121 Å². The standard InChI is InChI=1S/4C18H18O2S.Zr/c4*19-18(20)16-8-11-7-15(16)17(9-11)21-14-6-5-12-3-1-2-4-13(12)10-14;/h4*1-6,10-11,15-17H,7-9H2,(H,19,20);/q;;;;+4/p-4. The number of carbonyl (C=O) groups excluding carboxylic acids is 4. The molecule has 432 valence electrons. The average Bonchev–Trinajstić information content (AvgIpc) is 3.91. The number of carboxylic acids is 4. The van der Waals surface area contributed by atoms with Crippen molar-refractivity contribution < 1.29 is 65.8 Å². The van der Waals surface area contributed by atoms with Crippen LogP contribution in [0.2, 0.25) is 0 Å². The van der Waals surface area contributed by atoms with Crippen molar-refractivity contribution >= 4 is 114 Å². The maximum absolute atomic E-state index is 11.2. The SMILES string of the molecule is O=C([O-])C1CC2CC(Sc3ccc4ccccc4c3)C1C2.O=C([O-])C1CC2CC(Sc3ccc4ccccc4c3)C1C2.O=C([O-])C1CC2CC(Sc3ccc4ccccc4c3)C1C2.O=C([O-])C1CC2CC(Sc3ccc4ccccc4c3)C1C2.[Zr+4]. The average molecular weight is 1280 g/mol. The van der Waals surface area contributed by atoms with Crippen molar-refractivity contribution in [3.63, 3.8) is 0 Å². The van der Waals surface area contributed by atoms with Crippen LogP contribution in [0.3, 0.4) is 0 Å². The molecular weight excluding hydrogens is 1210 g/mol. The number of aliphatic carboxylic acids is 4. The zero-order valence-electron chi connectivity index (χ0n) is 47.3. The number of fused-ring (bicyclic) bond motifs is 12. The molecule has 8 fully saturated rings. The first-order valence-corrected chi connectivity index (χ1v) is 33.8. The number of hydrogen-bond acceptors (Lipinski definition) is 12. The van der Waals surface area contributed by atoms with E-state index in [1.54, 1.807) is 0 Å². The molecule has 8 aliphatic carbocycles. The van der Waals surface area contributed by atoms with E-state index in [-0.39, 0.29) is 49.9 Å². The van der Waals surface area contributed by atoms with Gasteiger partial charge < -0.3 is 39.6 Å². The molecule has 0 aliphatic heterocycles. The maximum atomic E-state index is 11.2. The Labute approximate surface area is 534 Å². The molecule has 13 heteroatoms. The molecule has 0 spiro atoms. The molecule has 8 aromatic carbocycles. The molecule has 0 heterocycles. The van der Waals surface area contributed by atoms with E-state index in [1.807, 2.05) is 47.0 Å². The predicted octanol–water partition coefficient (Wildman–Crippen LogP) is 12.4. The van der Waals surface area contributed by atoms with Crippen LogP contribution in [0.1, 0.15) is 77.0 Å². The Morgan fingerprint density at radius 1 is 0.271 bits per heavy atom. The van der Waals surface area contributed by atoms with Gasteiger partial charge in [-0.05, 0) is 216 Å². The van der Waals surface area contributed by atoms with Crippen LogP contribution in [0.25, 0.3) is 43.1 Å². The van der Waals surface area contributed by atoms with Crippen molar-refractivity contribution in [2.75, 3.05) is 0 Å². The molecule has 16 atom stereocenters. The molecule has 8 aliphatic rings. The second-order valence-corrected chi connectivity index (χ2v) is 30.6. The Morgan fingerprint density at radius 2 is 0.471 bits per heavy atom. The predicted molar refractivity (Wildman–Crippen MR) is 332 cm³/mol. The van der Waals surface area contributed by atoms with Crippen molar-refractivity contribution in [2.24, 2.45) is 71.0 Å². The Kier molecular flexibility index (Phi) is 18.7. The quantitative estimate of drug-likeness (QED) is 0.114. The van der Waals surface area contributed by atoms with Gasteiger partial charge in [0.1, 0.15) is 0 Å². The van der Waals surface area contributed by atoms with Crippen molar-refractivity contribution in [3.8, 4) is 0 Å². The molecule has 16 unspecified atom stereocenters. The normalized spacial score (nSPS) is 30.5. The van der Waals surface area contributed by atoms with Crippen LogP contribution in [0.15, 0.2) is 189 Å². The Hall–Kier alpha value is -5.04. The van der Waals surface area contributed by atoms with Crippen molar-refractivity contribution in [1.29, 1.82) is 0 Å². The molecule has 0 amide bonds. The van der Waals surface area contributed by atoms with Gasteiger partial charge in [-0.25, -0.2) is 0 Å². The van der Waals surface area contributed by atoms with Crippen LogP contribution in [-0.2, 0) is 45.4 Å². The van der Waals surface area contributed by atoms with E-state index in [0.717, 1.165) is 77.0 Å². The summed E-state index contributed by atoms with van der Waals surface area (Å²) in [6, 6.07) is 59.6. The Morgan fingerprint density at radius 3 is 0.659 bits per heavy atom. The Bertz CT molecular complexity index is 3280. The van der Waals surface area contributed by atoms with Gasteiger partial charge in [0.15, 0.2) is 0 Å². The van der Waals surface area contributed by atoms with E-state index in [9.17, 15) is 39.6 Å². The molecule has 0 N–H and O–H groups in total. The number of carbonyl (C=O) groups is 4. The van der Waals surface area contributed by atoms with E-state index in [1.165, 1.54) is 62.7 Å². The second kappa shape index (κ2) is 26.3. The fourth-order valence-corrected chi connectivity index (χ4v) is 22.6. The van der Waals surface area contributed by atoms with Gasteiger partial charge >= 0.3 is 26.2 Å². The maximum Gasteiger partial charge on any atom is 4.00 e. The smallest absolute Gasteiger partial charge is 0.550 e. The molecule has 16 rings (SSSR count). The fourth-order valence-electron chi connectivity index (χ4n) is 16.4. The summed E-state index contributed by atoms with van der Waals surface area (Å²) in [7, 11) is 0. The van der Waals surface area contributed by atoms with Crippen LogP contribution < -0.4 is 20.4 Å². The number of hydrogen-bond donors (Lipinski definition) is 0. The first-order chi connectivity index (χ1) is 40.8. The van der Waals surface area contributed by atoms with Crippen LogP contribution in [0.5, 0.6) is 0 Å². The van der Waals surface area contributed by atoms with Gasteiger partial charge in [0, 0.05) is 88.1 Å². The third-order valence-corrected chi connectivity index (χ3v) is 25.7. The van der Waals surface area contributed by atoms with E-state index >= 15 is 0 Å². The zero-order valence-corrected chi connectivity index (χ0v) is 53.0. The Balaban J connectivity index is 0.000000111. The summed E-state index contributed by atoms with van der Waals surface area (Å²) >= 11 is 7.44. The largest absolute Gasteiger partial charge is 4.00 e.